The lowest BCUT2D eigenvalue weighted by Gasteiger charge is -2.19. The predicted octanol–water partition coefficient (Wildman–Crippen LogP) is 3.07. The van der Waals surface area contributed by atoms with Crippen LogP contribution < -0.4 is 4.90 Å². The normalized spacial score (nSPS) is 13.0. The van der Waals surface area contributed by atoms with Gasteiger partial charge < -0.3 is 4.90 Å². The van der Waals surface area contributed by atoms with Crippen molar-refractivity contribution < 1.29 is 9.85 Å². The molecule has 1 aliphatic rings. The van der Waals surface area contributed by atoms with Crippen LogP contribution in [0.15, 0.2) is 42.5 Å². The Labute approximate surface area is 126 Å². The summed E-state index contributed by atoms with van der Waals surface area (Å²) < 4.78 is 0. The average molecular weight is 299 g/mol. The molecule has 0 aliphatic carbocycles. The topological polar surface area (TPSA) is 89.5 Å². The fourth-order valence-electron chi connectivity index (χ4n) is 2.70. The molecule has 0 saturated carbocycles. The number of rotatable bonds is 4. The average Bonchev–Trinajstić information content (AvgIpc) is 2.90. The van der Waals surface area contributed by atoms with Crippen molar-refractivity contribution in [2.75, 3.05) is 11.4 Å². The van der Waals surface area contributed by atoms with Crippen LogP contribution in [-0.4, -0.2) is 16.4 Å². The molecular weight excluding hydrogens is 286 g/mol. The third kappa shape index (κ3) is 2.60. The van der Waals surface area contributed by atoms with E-state index in [1.807, 2.05) is 11.0 Å². The van der Waals surface area contributed by atoms with Crippen molar-refractivity contribution in [2.45, 2.75) is 13.0 Å². The molecule has 0 aromatic heterocycles. The Bertz CT molecular complexity index is 760. The lowest BCUT2D eigenvalue weighted by molar-refractivity contribution is -0.385. The summed E-state index contributed by atoms with van der Waals surface area (Å²) in [5.41, 5.74) is 2.82. The van der Waals surface area contributed by atoms with Gasteiger partial charge in [0.1, 0.15) is 0 Å². The summed E-state index contributed by atoms with van der Waals surface area (Å²) >= 11 is 0. The van der Waals surface area contributed by atoms with Crippen LogP contribution in [-0.2, 0) is 13.0 Å². The number of nitro groups is 2. The number of hydrogen-bond donors (Lipinski definition) is 0. The van der Waals surface area contributed by atoms with E-state index in [1.165, 1.54) is 18.2 Å². The molecule has 3 rings (SSSR count). The zero-order valence-electron chi connectivity index (χ0n) is 11.6. The van der Waals surface area contributed by atoms with Crippen molar-refractivity contribution in [3.05, 3.63) is 73.8 Å². The first-order valence-electron chi connectivity index (χ1n) is 6.80. The number of nitro benzene ring substituents is 2. The van der Waals surface area contributed by atoms with Crippen LogP contribution in [0.1, 0.15) is 11.1 Å². The highest BCUT2D eigenvalue weighted by molar-refractivity contribution is 5.62. The maximum absolute atomic E-state index is 10.9. The molecule has 0 N–H and O–H groups in total. The third-order valence-corrected chi connectivity index (χ3v) is 3.77. The minimum absolute atomic E-state index is 0.0518. The minimum atomic E-state index is -0.424. The molecule has 112 valence electrons. The molecule has 1 heterocycles. The zero-order chi connectivity index (χ0) is 15.7. The maximum atomic E-state index is 10.9. The lowest BCUT2D eigenvalue weighted by atomic mass is 10.1. The lowest BCUT2D eigenvalue weighted by Crippen LogP contribution is -2.19. The molecule has 0 spiro atoms. The molecule has 0 saturated heterocycles. The van der Waals surface area contributed by atoms with Crippen LogP contribution in [0, 0.1) is 20.2 Å². The number of anilines is 1. The molecule has 0 bridgehead atoms. The van der Waals surface area contributed by atoms with Gasteiger partial charge in [-0.05, 0) is 17.5 Å². The molecule has 1 aliphatic heterocycles. The Morgan fingerprint density at radius 3 is 2.45 bits per heavy atom. The fourth-order valence-corrected chi connectivity index (χ4v) is 2.70. The van der Waals surface area contributed by atoms with Crippen molar-refractivity contribution in [1.29, 1.82) is 0 Å². The molecule has 0 atom stereocenters. The fraction of sp³-hybridized carbons (Fsp3) is 0.200. The van der Waals surface area contributed by atoms with Crippen LogP contribution in [0.25, 0.3) is 0 Å². The molecule has 7 nitrogen and oxygen atoms in total. The Morgan fingerprint density at radius 1 is 1.00 bits per heavy atom. The first-order valence-corrected chi connectivity index (χ1v) is 6.80. The molecule has 0 radical (unpaired) electrons. The summed E-state index contributed by atoms with van der Waals surface area (Å²) in [6.07, 6.45) is 0.822. The second kappa shape index (κ2) is 5.44. The molecular formula is C15H13N3O4. The Hall–Kier alpha value is -2.96. The molecule has 22 heavy (non-hydrogen) atoms. The highest BCUT2D eigenvalue weighted by atomic mass is 16.6. The summed E-state index contributed by atoms with van der Waals surface area (Å²) in [6, 6.07) is 11.3. The van der Waals surface area contributed by atoms with Crippen molar-refractivity contribution >= 4 is 17.1 Å². The van der Waals surface area contributed by atoms with Crippen LogP contribution in [0.4, 0.5) is 17.1 Å². The van der Waals surface area contributed by atoms with Gasteiger partial charge in [-0.1, -0.05) is 18.2 Å². The quantitative estimate of drug-likeness (QED) is 0.639. The molecule has 0 fully saturated rings. The minimum Gasteiger partial charge on any atom is -0.366 e. The summed E-state index contributed by atoms with van der Waals surface area (Å²) in [5, 5.41) is 21.7. The summed E-state index contributed by atoms with van der Waals surface area (Å²) in [5.74, 6) is 0. The van der Waals surface area contributed by atoms with Crippen LogP contribution >= 0.6 is 0 Å². The first kappa shape index (κ1) is 14.0. The molecule has 7 heteroatoms. The van der Waals surface area contributed by atoms with Crippen molar-refractivity contribution in [3.8, 4) is 0 Å². The smallest absolute Gasteiger partial charge is 0.271 e. The Kier molecular flexibility index (Phi) is 3.46. The molecule has 2 aromatic carbocycles. The van der Waals surface area contributed by atoms with E-state index in [0.29, 0.717) is 6.54 Å². The van der Waals surface area contributed by atoms with Gasteiger partial charge >= 0.3 is 0 Å². The van der Waals surface area contributed by atoms with Gasteiger partial charge in [0.25, 0.3) is 11.4 Å². The zero-order valence-corrected chi connectivity index (χ0v) is 11.6. The van der Waals surface area contributed by atoms with E-state index in [9.17, 15) is 20.2 Å². The number of nitrogens with zero attached hydrogens (tertiary/aromatic N) is 3. The summed E-state index contributed by atoms with van der Waals surface area (Å²) in [7, 11) is 0. The second-order valence-electron chi connectivity index (χ2n) is 5.17. The van der Waals surface area contributed by atoms with Gasteiger partial charge in [-0.25, -0.2) is 0 Å². The van der Waals surface area contributed by atoms with E-state index >= 15 is 0 Å². The van der Waals surface area contributed by atoms with Gasteiger partial charge in [0.15, 0.2) is 0 Å². The maximum Gasteiger partial charge on any atom is 0.271 e. The van der Waals surface area contributed by atoms with Crippen molar-refractivity contribution in [2.24, 2.45) is 0 Å². The first-order chi connectivity index (χ1) is 10.5. The highest BCUT2D eigenvalue weighted by Gasteiger charge is 2.22. The number of fused-ring (bicyclic) bond motifs is 1. The monoisotopic (exact) mass is 299 g/mol. The van der Waals surface area contributed by atoms with E-state index in [1.54, 1.807) is 18.2 Å². The summed E-state index contributed by atoms with van der Waals surface area (Å²) in [6.45, 7) is 1.25. The highest BCUT2D eigenvalue weighted by Crippen LogP contribution is 2.32. The largest absolute Gasteiger partial charge is 0.366 e. The van der Waals surface area contributed by atoms with Crippen molar-refractivity contribution in [1.82, 2.24) is 0 Å². The number of hydrogen-bond acceptors (Lipinski definition) is 5. The molecule has 0 amide bonds. The van der Waals surface area contributed by atoms with E-state index in [2.05, 4.69) is 0 Å². The van der Waals surface area contributed by atoms with E-state index in [4.69, 9.17) is 0 Å². The second-order valence-corrected chi connectivity index (χ2v) is 5.17. The van der Waals surface area contributed by atoms with Crippen LogP contribution in [0.3, 0.4) is 0 Å². The SMILES string of the molecule is O=[N+]([O-])c1cccc(CN2CCc3ccc([N+](=O)[O-])cc32)c1. The van der Waals surface area contributed by atoms with E-state index in [0.717, 1.165) is 29.8 Å². The van der Waals surface area contributed by atoms with Gasteiger partial charge in [-0.15, -0.1) is 0 Å². The van der Waals surface area contributed by atoms with Gasteiger partial charge in [-0.2, -0.15) is 0 Å². The molecule has 2 aromatic rings. The number of non-ortho nitro benzene ring substituents is 2. The number of benzene rings is 2. The van der Waals surface area contributed by atoms with Gasteiger partial charge in [0.2, 0.25) is 0 Å². The van der Waals surface area contributed by atoms with Gasteiger partial charge in [0, 0.05) is 43.0 Å². The van der Waals surface area contributed by atoms with Crippen LogP contribution in [0.2, 0.25) is 0 Å². The van der Waals surface area contributed by atoms with E-state index < -0.39 is 9.85 Å². The third-order valence-electron chi connectivity index (χ3n) is 3.77. The van der Waals surface area contributed by atoms with E-state index in [-0.39, 0.29) is 11.4 Å². The van der Waals surface area contributed by atoms with Gasteiger partial charge in [0.05, 0.1) is 9.85 Å². The van der Waals surface area contributed by atoms with Gasteiger partial charge in [-0.3, -0.25) is 20.2 Å². The molecule has 0 unspecified atom stereocenters. The standard InChI is InChI=1S/C15H13N3O4/c19-17(20)13-3-1-2-11(8-13)10-16-7-6-12-4-5-14(18(21)22)9-15(12)16/h1-5,8-9H,6-7,10H2. The summed E-state index contributed by atoms with van der Waals surface area (Å²) in [4.78, 5) is 22.9. The Balaban J connectivity index is 1.87. The predicted molar refractivity (Wildman–Crippen MR) is 80.9 cm³/mol. The van der Waals surface area contributed by atoms with Crippen molar-refractivity contribution in [3.63, 3.8) is 0 Å². The van der Waals surface area contributed by atoms with Crippen LogP contribution in [0.5, 0.6) is 0 Å². The Morgan fingerprint density at radius 2 is 1.73 bits per heavy atom.